The third-order valence-corrected chi connectivity index (χ3v) is 3.63. The Morgan fingerprint density at radius 1 is 1.22 bits per heavy atom. The van der Waals surface area contributed by atoms with Crippen molar-refractivity contribution in [2.24, 2.45) is 0 Å². The maximum atomic E-state index is 8.88. The van der Waals surface area contributed by atoms with E-state index in [1.54, 1.807) is 0 Å². The fraction of sp³-hybridized carbons (Fsp3) is 0.500. The number of rotatable bonds is 4. The summed E-state index contributed by atoms with van der Waals surface area (Å²) >= 11 is 0. The molecule has 0 unspecified atom stereocenters. The predicted molar refractivity (Wildman–Crippen MR) is 72.9 cm³/mol. The molecule has 0 amide bonds. The lowest BCUT2D eigenvalue weighted by atomic mass is 10.2. The number of aromatic nitrogens is 2. The maximum Gasteiger partial charge on any atom is 0.0958 e. The van der Waals surface area contributed by atoms with Crippen LogP contribution in [0.2, 0.25) is 0 Å². The zero-order valence-electron chi connectivity index (χ0n) is 10.5. The molecule has 0 radical (unpaired) electrons. The number of benzene rings is 1. The molecule has 2 aromatic rings. The summed E-state index contributed by atoms with van der Waals surface area (Å²) in [7, 11) is 0. The van der Waals surface area contributed by atoms with Crippen molar-refractivity contribution in [3.8, 4) is 0 Å². The first-order valence-corrected chi connectivity index (χ1v) is 6.69. The lowest BCUT2D eigenvalue weighted by molar-refractivity contribution is 0.280. The van der Waals surface area contributed by atoms with E-state index in [2.05, 4.69) is 32.7 Å². The third kappa shape index (κ3) is 2.08. The summed E-state index contributed by atoms with van der Waals surface area (Å²) in [6, 6.07) is 6.51. The Morgan fingerprint density at radius 2 is 2.06 bits per heavy atom. The van der Waals surface area contributed by atoms with Crippen molar-refractivity contribution in [1.29, 1.82) is 0 Å². The summed E-state index contributed by atoms with van der Waals surface area (Å²) in [5, 5.41) is 8.88. The molecule has 1 aliphatic rings. The summed E-state index contributed by atoms with van der Waals surface area (Å²) in [5.41, 5.74) is 3.50. The van der Waals surface area contributed by atoms with Gasteiger partial charge in [-0.3, -0.25) is 0 Å². The molecule has 4 nitrogen and oxygen atoms in total. The lowest BCUT2D eigenvalue weighted by Crippen LogP contribution is -2.17. The normalized spacial score (nSPS) is 15.7. The van der Waals surface area contributed by atoms with Gasteiger partial charge in [-0.25, -0.2) is 4.98 Å². The first kappa shape index (κ1) is 11.5. The molecule has 1 fully saturated rings. The Balaban J connectivity index is 1.88. The van der Waals surface area contributed by atoms with Gasteiger partial charge in [0.1, 0.15) is 0 Å². The Morgan fingerprint density at radius 3 is 2.83 bits per heavy atom. The zero-order valence-corrected chi connectivity index (χ0v) is 10.5. The van der Waals surface area contributed by atoms with Crippen molar-refractivity contribution in [2.75, 3.05) is 24.6 Å². The molecule has 0 atom stereocenters. The van der Waals surface area contributed by atoms with E-state index in [4.69, 9.17) is 5.11 Å². The SMILES string of the molecule is OCCCn1cnc2cc(N3CCCC3)ccc21. The number of aliphatic hydroxyl groups is 1. The number of hydrogen-bond acceptors (Lipinski definition) is 3. The fourth-order valence-corrected chi connectivity index (χ4v) is 2.64. The molecule has 1 saturated heterocycles. The van der Waals surface area contributed by atoms with Crippen LogP contribution in [0, 0.1) is 0 Å². The van der Waals surface area contributed by atoms with Crippen LogP contribution >= 0.6 is 0 Å². The number of anilines is 1. The Hall–Kier alpha value is -1.55. The van der Waals surface area contributed by atoms with Crippen LogP contribution in [0.25, 0.3) is 11.0 Å². The molecule has 2 heterocycles. The number of hydrogen-bond donors (Lipinski definition) is 1. The Labute approximate surface area is 107 Å². The van der Waals surface area contributed by atoms with E-state index in [1.165, 1.54) is 18.5 Å². The van der Waals surface area contributed by atoms with E-state index in [0.29, 0.717) is 0 Å². The van der Waals surface area contributed by atoms with E-state index in [9.17, 15) is 0 Å². The molecule has 0 spiro atoms. The number of aryl methyl sites for hydroxylation is 1. The lowest BCUT2D eigenvalue weighted by Gasteiger charge is -2.17. The van der Waals surface area contributed by atoms with Crippen LogP contribution in [0.1, 0.15) is 19.3 Å². The van der Waals surface area contributed by atoms with Crippen molar-refractivity contribution < 1.29 is 5.11 Å². The first-order chi connectivity index (χ1) is 8.88. The zero-order chi connectivity index (χ0) is 12.4. The van der Waals surface area contributed by atoms with E-state index in [-0.39, 0.29) is 6.61 Å². The standard InChI is InChI=1S/C14H19N3O/c18-9-3-8-17-11-15-13-10-12(4-5-14(13)17)16-6-1-2-7-16/h4-5,10-11,18H,1-3,6-9H2. The summed E-state index contributed by atoms with van der Waals surface area (Å²) in [5.74, 6) is 0. The topological polar surface area (TPSA) is 41.3 Å². The molecular formula is C14H19N3O. The molecule has 1 aromatic carbocycles. The molecule has 0 aliphatic carbocycles. The summed E-state index contributed by atoms with van der Waals surface area (Å²) in [6.45, 7) is 3.38. The quantitative estimate of drug-likeness (QED) is 0.896. The van der Waals surface area contributed by atoms with Gasteiger partial charge in [0, 0.05) is 31.9 Å². The van der Waals surface area contributed by atoms with Crippen LogP contribution in [-0.4, -0.2) is 34.4 Å². The third-order valence-electron chi connectivity index (χ3n) is 3.63. The minimum atomic E-state index is 0.228. The Kier molecular flexibility index (Phi) is 3.19. The molecule has 18 heavy (non-hydrogen) atoms. The molecule has 0 bridgehead atoms. The van der Waals surface area contributed by atoms with Crippen molar-refractivity contribution in [3.05, 3.63) is 24.5 Å². The maximum absolute atomic E-state index is 8.88. The van der Waals surface area contributed by atoms with Crippen LogP contribution in [0.15, 0.2) is 24.5 Å². The second kappa shape index (κ2) is 4.98. The number of imidazole rings is 1. The van der Waals surface area contributed by atoms with Crippen LogP contribution in [0.5, 0.6) is 0 Å². The average Bonchev–Trinajstić information content (AvgIpc) is 3.05. The van der Waals surface area contributed by atoms with Crippen molar-refractivity contribution >= 4 is 16.7 Å². The molecule has 4 heteroatoms. The van der Waals surface area contributed by atoms with Crippen LogP contribution in [0.4, 0.5) is 5.69 Å². The minimum Gasteiger partial charge on any atom is -0.396 e. The van der Waals surface area contributed by atoms with Crippen LogP contribution in [-0.2, 0) is 6.54 Å². The largest absolute Gasteiger partial charge is 0.396 e. The highest BCUT2D eigenvalue weighted by Crippen LogP contribution is 2.24. The second-order valence-corrected chi connectivity index (χ2v) is 4.88. The number of fused-ring (bicyclic) bond motifs is 1. The monoisotopic (exact) mass is 245 g/mol. The second-order valence-electron chi connectivity index (χ2n) is 4.88. The fourth-order valence-electron chi connectivity index (χ4n) is 2.64. The van der Waals surface area contributed by atoms with Gasteiger partial charge in [-0.1, -0.05) is 0 Å². The minimum absolute atomic E-state index is 0.228. The van der Waals surface area contributed by atoms with E-state index < -0.39 is 0 Å². The molecule has 1 N–H and O–H groups in total. The summed E-state index contributed by atoms with van der Waals surface area (Å²) < 4.78 is 2.11. The highest BCUT2D eigenvalue weighted by Gasteiger charge is 2.13. The molecular weight excluding hydrogens is 226 g/mol. The van der Waals surface area contributed by atoms with Crippen molar-refractivity contribution in [2.45, 2.75) is 25.8 Å². The van der Waals surface area contributed by atoms with E-state index in [1.807, 2.05) is 6.33 Å². The summed E-state index contributed by atoms with van der Waals surface area (Å²) in [4.78, 5) is 6.88. The van der Waals surface area contributed by atoms with Gasteiger partial charge in [0.15, 0.2) is 0 Å². The predicted octanol–water partition coefficient (Wildman–Crippen LogP) is 2.02. The average molecular weight is 245 g/mol. The number of nitrogens with zero attached hydrogens (tertiary/aromatic N) is 3. The van der Waals surface area contributed by atoms with Gasteiger partial charge < -0.3 is 14.6 Å². The molecule has 1 aliphatic heterocycles. The first-order valence-electron chi connectivity index (χ1n) is 6.69. The van der Waals surface area contributed by atoms with Crippen molar-refractivity contribution in [3.63, 3.8) is 0 Å². The van der Waals surface area contributed by atoms with Gasteiger partial charge >= 0.3 is 0 Å². The van der Waals surface area contributed by atoms with Gasteiger partial charge in [-0.2, -0.15) is 0 Å². The van der Waals surface area contributed by atoms with E-state index >= 15 is 0 Å². The Bertz CT molecular complexity index is 529. The van der Waals surface area contributed by atoms with Crippen molar-refractivity contribution in [1.82, 2.24) is 9.55 Å². The van der Waals surface area contributed by atoms with Gasteiger partial charge in [0.05, 0.1) is 17.4 Å². The number of aliphatic hydroxyl groups excluding tert-OH is 1. The van der Waals surface area contributed by atoms with Gasteiger partial charge in [-0.05, 0) is 37.5 Å². The highest BCUT2D eigenvalue weighted by molar-refractivity contribution is 5.79. The summed E-state index contributed by atoms with van der Waals surface area (Å²) in [6.07, 6.45) is 5.24. The molecule has 1 aromatic heterocycles. The van der Waals surface area contributed by atoms with Crippen LogP contribution in [0.3, 0.4) is 0 Å². The van der Waals surface area contributed by atoms with Gasteiger partial charge in [-0.15, -0.1) is 0 Å². The molecule has 96 valence electrons. The smallest absolute Gasteiger partial charge is 0.0958 e. The molecule has 3 rings (SSSR count). The van der Waals surface area contributed by atoms with Gasteiger partial charge in [0.25, 0.3) is 0 Å². The van der Waals surface area contributed by atoms with Crippen LogP contribution < -0.4 is 4.90 Å². The van der Waals surface area contributed by atoms with E-state index in [0.717, 1.165) is 37.1 Å². The molecule has 0 saturated carbocycles. The van der Waals surface area contributed by atoms with Gasteiger partial charge in [0.2, 0.25) is 0 Å². The highest BCUT2D eigenvalue weighted by atomic mass is 16.3.